The molecule has 2 aromatic carbocycles. The number of aliphatic hydroxyl groups is 4. The third kappa shape index (κ3) is 7.24. The first-order valence-electron chi connectivity index (χ1n) is 9.25. The molecule has 2 rings (SSSR count). The molecule has 9 nitrogen and oxygen atoms in total. The van der Waals surface area contributed by atoms with Crippen LogP contribution in [0.15, 0.2) is 60.7 Å². The molecule has 0 aliphatic rings. The topological polar surface area (TPSA) is 157 Å². The average Bonchev–Trinajstić information content (AvgIpc) is 2.75. The minimum atomic E-state index is -5.09. The molecule has 0 aliphatic carbocycles. The Morgan fingerprint density at radius 1 is 0.767 bits per heavy atom. The smallest absolute Gasteiger partial charge is 0.356 e. The van der Waals surface area contributed by atoms with Crippen molar-refractivity contribution in [1.82, 2.24) is 0 Å². The predicted molar refractivity (Wildman–Crippen MR) is 107 cm³/mol. The van der Waals surface area contributed by atoms with E-state index in [0.717, 1.165) is 5.56 Å². The first kappa shape index (κ1) is 24.6. The van der Waals surface area contributed by atoms with Crippen LogP contribution in [0.25, 0.3) is 0 Å². The Labute approximate surface area is 174 Å². The molecule has 0 aliphatic heterocycles. The van der Waals surface area contributed by atoms with Gasteiger partial charge in [-0.1, -0.05) is 60.7 Å². The van der Waals surface area contributed by atoms with Crippen LogP contribution in [-0.2, 0) is 27.3 Å². The van der Waals surface area contributed by atoms with Gasteiger partial charge in [0, 0.05) is 0 Å². The summed E-state index contributed by atoms with van der Waals surface area (Å²) in [4.78, 5) is 18.5. The van der Waals surface area contributed by atoms with Crippen LogP contribution in [0.3, 0.4) is 0 Å². The van der Waals surface area contributed by atoms with Crippen molar-refractivity contribution in [2.75, 3.05) is 6.61 Å². The van der Waals surface area contributed by atoms with Gasteiger partial charge in [0.15, 0.2) is 5.85 Å². The zero-order chi connectivity index (χ0) is 22.1. The van der Waals surface area contributed by atoms with Crippen molar-refractivity contribution in [2.24, 2.45) is 0 Å². The van der Waals surface area contributed by atoms with Gasteiger partial charge in [-0.25, -0.2) is 0 Å². The van der Waals surface area contributed by atoms with Crippen LogP contribution in [0.5, 0.6) is 0 Å². The molecule has 0 fully saturated rings. The molecule has 0 aromatic heterocycles. The summed E-state index contributed by atoms with van der Waals surface area (Å²) in [6.07, 6.45) is -6.60. The molecule has 6 N–H and O–H groups in total. The van der Waals surface area contributed by atoms with Crippen LogP contribution < -0.4 is 0 Å². The highest BCUT2D eigenvalue weighted by Crippen LogP contribution is 2.42. The summed E-state index contributed by atoms with van der Waals surface area (Å²) in [6, 6.07) is 17.6. The van der Waals surface area contributed by atoms with E-state index in [2.05, 4.69) is 0 Å². The standard InChI is InChI=1S/C20H27O9P/c21-11-16(22)18(28-12-14-7-3-1-4-8-14)19(17(23)20(24)30(25,26)27)29-13-15-9-5-2-6-10-15/h1-10,16-24H,11-13H2,(H2,25,26,27)/t16-,17-,18-,19-,20?/m1/s1. The van der Waals surface area contributed by atoms with E-state index in [1.165, 1.54) is 0 Å². The second-order valence-corrected chi connectivity index (χ2v) is 8.47. The van der Waals surface area contributed by atoms with Crippen molar-refractivity contribution >= 4 is 7.60 Å². The lowest BCUT2D eigenvalue weighted by Gasteiger charge is -2.35. The molecule has 0 heterocycles. The lowest BCUT2D eigenvalue weighted by atomic mass is 10.0. The van der Waals surface area contributed by atoms with Crippen molar-refractivity contribution in [3.05, 3.63) is 71.8 Å². The van der Waals surface area contributed by atoms with Crippen LogP contribution in [0.2, 0.25) is 0 Å². The minimum absolute atomic E-state index is 0.0352. The van der Waals surface area contributed by atoms with Gasteiger partial charge in [-0.3, -0.25) is 4.57 Å². The first-order valence-corrected chi connectivity index (χ1v) is 10.9. The molecule has 0 radical (unpaired) electrons. The number of ether oxygens (including phenoxy) is 2. The molecule has 166 valence electrons. The highest BCUT2D eigenvalue weighted by atomic mass is 31.2. The summed E-state index contributed by atoms with van der Waals surface area (Å²) in [7, 11) is -5.09. The fraction of sp³-hybridized carbons (Fsp3) is 0.400. The zero-order valence-corrected chi connectivity index (χ0v) is 17.0. The monoisotopic (exact) mass is 442 g/mol. The van der Waals surface area contributed by atoms with Gasteiger partial charge in [0.25, 0.3) is 0 Å². The number of rotatable bonds is 12. The van der Waals surface area contributed by atoms with E-state index in [1.54, 1.807) is 60.7 Å². The van der Waals surface area contributed by atoms with Crippen LogP contribution in [0.1, 0.15) is 11.1 Å². The summed E-state index contributed by atoms with van der Waals surface area (Å²) in [5, 5.41) is 40.1. The molecule has 0 amide bonds. The molecular weight excluding hydrogens is 415 g/mol. The number of aliphatic hydroxyl groups excluding tert-OH is 4. The Bertz CT molecular complexity index is 783. The van der Waals surface area contributed by atoms with Crippen molar-refractivity contribution in [3.63, 3.8) is 0 Å². The fourth-order valence-corrected chi connectivity index (χ4v) is 3.39. The highest BCUT2D eigenvalue weighted by Gasteiger charge is 2.44. The molecule has 1 unspecified atom stereocenters. The van der Waals surface area contributed by atoms with Gasteiger partial charge in [0.2, 0.25) is 0 Å². The summed E-state index contributed by atoms with van der Waals surface area (Å²) in [5.74, 6) is -2.47. The molecule has 30 heavy (non-hydrogen) atoms. The van der Waals surface area contributed by atoms with E-state index in [-0.39, 0.29) is 13.2 Å². The van der Waals surface area contributed by atoms with E-state index in [0.29, 0.717) is 5.56 Å². The Balaban J connectivity index is 2.26. The fourth-order valence-electron chi connectivity index (χ4n) is 2.82. The van der Waals surface area contributed by atoms with Crippen molar-refractivity contribution in [1.29, 1.82) is 0 Å². The second kappa shape index (κ2) is 11.7. The van der Waals surface area contributed by atoms with Gasteiger partial charge in [0.1, 0.15) is 24.4 Å². The Morgan fingerprint density at radius 2 is 1.20 bits per heavy atom. The largest absolute Gasteiger partial charge is 0.394 e. The third-order valence-corrected chi connectivity index (χ3v) is 5.44. The van der Waals surface area contributed by atoms with Crippen molar-refractivity contribution in [2.45, 2.75) is 43.5 Å². The first-order chi connectivity index (χ1) is 14.2. The second-order valence-electron chi connectivity index (χ2n) is 6.77. The van der Waals surface area contributed by atoms with Gasteiger partial charge in [-0.2, -0.15) is 0 Å². The van der Waals surface area contributed by atoms with Crippen LogP contribution >= 0.6 is 7.60 Å². The maximum atomic E-state index is 11.5. The van der Waals surface area contributed by atoms with E-state index in [1.807, 2.05) is 0 Å². The van der Waals surface area contributed by atoms with E-state index >= 15 is 0 Å². The van der Waals surface area contributed by atoms with Gasteiger partial charge in [-0.15, -0.1) is 0 Å². The molecule has 5 atom stereocenters. The van der Waals surface area contributed by atoms with Crippen LogP contribution in [0.4, 0.5) is 0 Å². The summed E-state index contributed by atoms with van der Waals surface area (Å²) < 4.78 is 22.8. The highest BCUT2D eigenvalue weighted by molar-refractivity contribution is 7.52. The van der Waals surface area contributed by atoms with E-state index in [9.17, 15) is 34.8 Å². The molecule has 0 saturated heterocycles. The van der Waals surface area contributed by atoms with E-state index < -0.39 is 44.5 Å². The summed E-state index contributed by atoms with van der Waals surface area (Å²) in [5.41, 5.74) is 1.40. The quantitative estimate of drug-likeness (QED) is 0.256. The maximum absolute atomic E-state index is 11.5. The lowest BCUT2D eigenvalue weighted by molar-refractivity contribution is -0.182. The molecule has 0 spiro atoms. The minimum Gasteiger partial charge on any atom is -0.394 e. The summed E-state index contributed by atoms with van der Waals surface area (Å²) in [6.45, 7) is -0.893. The van der Waals surface area contributed by atoms with Crippen molar-refractivity contribution < 1.29 is 44.3 Å². The Morgan fingerprint density at radius 3 is 1.60 bits per heavy atom. The molecule has 2 aromatic rings. The average molecular weight is 442 g/mol. The number of hydrogen-bond acceptors (Lipinski definition) is 7. The number of benzene rings is 2. The Hall–Kier alpha value is -1.65. The molecule has 0 bridgehead atoms. The van der Waals surface area contributed by atoms with Crippen LogP contribution in [-0.4, -0.2) is 67.1 Å². The van der Waals surface area contributed by atoms with Gasteiger partial charge < -0.3 is 39.7 Å². The van der Waals surface area contributed by atoms with E-state index in [4.69, 9.17) is 9.47 Å². The molecular formula is C20H27O9P. The maximum Gasteiger partial charge on any atom is 0.356 e. The number of hydrogen-bond donors (Lipinski definition) is 6. The van der Waals surface area contributed by atoms with Gasteiger partial charge in [0.05, 0.1) is 19.8 Å². The Kier molecular flexibility index (Phi) is 9.57. The normalized spacial score (nSPS) is 17.1. The lowest BCUT2D eigenvalue weighted by Crippen LogP contribution is -2.52. The van der Waals surface area contributed by atoms with Crippen LogP contribution in [0, 0.1) is 0 Å². The van der Waals surface area contributed by atoms with Crippen molar-refractivity contribution in [3.8, 4) is 0 Å². The molecule has 0 saturated carbocycles. The predicted octanol–water partition coefficient (Wildman–Crippen LogP) is 0.367. The molecule has 10 heteroatoms. The van der Waals surface area contributed by atoms with Gasteiger partial charge in [-0.05, 0) is 11.1 Å². The third-order valence-electron chi connectivity index (χ3n) is 4.45. The van der Waals surface area contributed by atoms with Gasteiger partial charge >= 0.3 is 7.60 Å². The zero-order valence-electron chi connectivity index (χ0n) is 16.1. The SMILES string of the molecule is O=P(O)(O)C(O)[C@H](O)[C@@H](OCc1ccccc1)[C@H](OCc1ccccc1)[C@H](O)CO. The summed E-state index contributed by atoms with van der Waals surface area (Å²) >= 11 is 0.